The minimum absolute atomic E-state index is 0.0478. The number of carbonyl (C=O) groups excluding carboxylic acids is 1. The number of hydrogen-bond acceptors (Lipinski definition) is 5. The lowest BCUT2D eigenvalue weighted by atomic mass is 10.1. The number of nitrogens with one attached hydrogen (secondary N) is 1. The second kappa shape index (κ2) is 8.35. The van der Waals surface area contributed by atoms with Crippen LogP contribution in [-0.4, -0.2) is 33.0 Å². The summed E-state index contributed by atoms with van der Waals surface area (Å²) in [5, 5.41) is 3.66. The van der Waals surface area contributed by atoms with Gasteiger partial charge in [0.15, 0.2) is 5.16 Å². The molecule has 2 heterocycles. The smallest absolute Gasteiger partial charge is 0.272 e. The van der Waals surface area contributed by atoms with Gasteiger partial charge in [-0.3, -0.25) is 14.2 Å². The Bertz CT molecular complexity index is 933. The Kier molecular flexibility index (Phi) is 6.11. The van der Waals surface area contributed by atoms with E-state index >= 15 is 0 Å². The molecule has 0 fully saturated rings. The van der Waals surface area contributed by atoms with E-state index in [9.17, 15) is 9.59 Å². The monoisotopic (exact) mass is 401 g/mol. The van der Waals surface area contributed by atoms with Crippen molar-refractivity contribution < 1.29 is 4.79 Å². The van der Waals surface area contributed by atoms with Gasteiger partial charge in [0.2, 0.25) is 5.91 Å². The maximum absolute atomic E-state index is 13.2. The third-order valence-corrected chi connectivity index (χ3v) is 6.28. The zero-order chi connectivity index (χ0) is 19.6. The highest BCUT2D eigenvalue weighted by Crippen LogP contribution is 2.35. The summed E-state index contributed by atoms with van der Waals surface area (Å²) in [7, 11) is 0. The summed E-state index contributed by atoms with van der Waals surface area (Å²) in [5.41, 5.74) is 3.75. The molecule has 2 aromatic rings. The molecule has 1 N–H and O–H groups in total. The van der Waals surface area contributed by atoms with Crippen molar-refractivity contribution in [1.29, 1.82) is 0 Å². The van der Waals surface area contributed by atoms with Crippen LogP contribution in [0.4, 0.5) is 0 Å². The minimum Gasteiger partial charge on any atom is -0.352 e. The highest BCUT2D eigenvalue weighted by Gasteiger charge is 2.27. The fourth-order valence-corrected chi connectivity index (χ4v) is 5.03. The normalized spacial score (nSPS) is 15.4. The zero-order valence-electron chi connectivity index (χ0n) is 15.7. The van der Waals surface area contributed by atoms with Gasteiger partial charge in [0.1, 0.15) is 0 Å². The van der Waals surface area contributed by atoms with Crippen LogP contribution >= 0.6 is 23.5 Å². The summed E-state index contributed by atoms with van der Waals surface area (Å²) in [4.78, 5) is 30.7. The maximum Gasteiger partial charge on any atom is 0.272 e. The Morgan fingerprint density at radius 3 is 2.78 bits per heavy atom. The number of rotatable bonds is 6. The predicted molar refractivity (Wildman–Crippen MR) is 112 cm³/mol. The van der Waals surface area contributed by atoms with Crippen LogP contribution in [0.2, 0.25) is 0 Å². The van der Waals surface area contributed by atoms with E-state index in [-0.39, 0.29) is 17.2 Å². The molecule has 5 nitrogen and oxygen atoms in total. The van der Waals surface area contributed by atoms with E-state index in [1.54, 1.807) is 22.4 Å². The van der Waals surface area contributed by atoms with Crippen molar-refractivity contribution in [2.24, 2.45) is 0 Å². The number of carbonyl (C=O) groups is 1. The third-order valence-electron chi connectivity index (χ3n) is 4.12. The van der Waals surface area contributed by atoms with Crippen LogP contribution in [0.1, 0.15) is 23.7 Å². The van der Waals surface area contributed by atoms with E-state index in [1.807, 2.05) is 26.0 Å². The van der Waals surface area contributed by atoms with Gasteiger partial charge in [0, 0.05) is 18.2 Å². The second-order valence-electron chi connectivity index (χ2n) is 6.67. The fraction of sp³-hybridized carbons (Fsp3) is 0.350. The Balaban J connectivity index is 2.04. The van der Waals surface area contributed by atoms with E-state index in [0.717, 1.165) is 33.8 Å². The Labute approximate surface area is 167 Å². The molecule has 1 unspecified atom stereocenters. The molecule has 0 saturated carbocycles. The van der Waals surface area contributed by atoms with Gasteiger partial charge in [0.25, 0.3) is 5.56 Å². The van der Waals surface area contributed by atoms with Crippen LogP contribution in [0.5, 0.6) is 0 Å². The first-order valence-electron chi connectivity index (χ1n) is 8.80. The molecule has 0 radical (unpaired) electrons. The first-order chi connectivity index (χ1) is 12.9. The summed E-state index contributed by atoms with van der Waals surface area (Å²) >= 11 is 2.87. The molecule has 1 atom stereocenters. The molecular formula is C20H23N3O2S2. The SMILES string of the molecule is C=CCNC(=O)CSc1nc2c(c(=O)n1-c1cc(C)cc(C)c1)SC(C)C2. The minimum atomic E-state index is -0.107. The lowest BCUT2D eigenvalue weighted by Gasteiger charge is -2.15. The van der Waals surface area contributed by atoms with Crippen LogP contribution in [-0.2, 0) is 11.2 Å². The third kappa shape index (κ3) is 4.47. The number of hydrogen-bond donors (Lipinski definition) is 1. The van der Waals surface area contributed by atoms with E-state index in [0.29, 0.717) is 17.0 Å². The Hall–Kier alpha value is -1.99. The van der Waals surface area contributed by atoms with E-state index < -0.39 is 0 Å². The first-order valence-corrected chi connectivity index (χ1v) is 10.7. The van der Waals surface area contributed by atoms with E-state index in [4.69, 9.17) is 4.98 Å². The number of fused-ring (bicyclic) bond motifs is 1. The molecule has 1 aliphatic rings. The Morgan fingerprint density at radius 1 is 1.41 bits per heavy atom. The number of nitrogens with zero attached hydrogens (tertiary/aromatic N) is 2. The molecule has 1 aliphatic heterocycles. The first kappa shape index (κ1) is 19.8. The zero-order valence-corrected chi connectivity index (χ0v) is 17.4. The van der Waals surface area contributed by atoms with Gasteiger partial charge in [-0.25, -0.2) is 4.98 Å². The highest BCUT2D eigenvalue weighted by molar-refractivity contribution is 8.00. The van der Waals surface area contributed by atoms with E-state index in [1.165, 1.54) is 11.8 Å². The summed E-state index contributed by atoms with van der Waals surface area (Å²) in [5.74, 6) is 0.0939. The van der Waals surface area contributed by atoms with Gasteiger partial charge in [-0.15, -0.1) is 18.3 Å². The van der Waals surface area contributed by atoms with Crippen molar-refractivity contribution >= 4 is 29.4 Å². The number of aromatic nitrogens is 2. The van der Waals surface area contributed by atoms with Gasteiger partial charge in [-0.05, 0) is 37.1 Å². The maximum atomic E-state index is 13.2. The van der Waals surface area contributed by atoms with Crippen molar-refractivity contribution in [1.82, 2.24) is 14.9 Å². The molecule has 0 spiro atoms. The average Bonchev–Trinajstić information content (AvgIpc) is 2.98. The molecule has 142 valence electrons. The molecule has 3 rings (SSSR count). The number of amides is 1. The van der Waals surface area contributed by atoms with Gasteiger partial charge < -0.3 is 5.32 Å². The summed E-state index contributed by atoms with van der Waals surface area (Å²) in [6, 6.07) is 6.03. The molecule has 1 aromatic heterocycles. The summed E-state index contributed by atoms with van der Waals surface area (Å²) in [6.45, 7) is 10.1. The molecule has 1 aromatic carbocycles. The van der Waals surface area contributed by atoms with Crippen LogP contribution < -0.4 is 10.9 Å². The van der Waals surface area contributed by atoms with Crippen LogP contribution in [0.3, 0.4) is 0 Å². The van der Waals surface area contributed by atoms with Crippen molar-refractivity contribution in [3.05, 3.63) is 58.0 Å². The predicted octanol–water partition coefficient (Wildman–Crippen LogP) is 3.28. The van der Waals surface area contributed by atoms with Crippen LogP contribution in [0.15, 0.2) is 45.7 Å². The Morgan fingerprint density at radius 2 is 2.11 bits per heavy atom. The second-order valence-corrected chi connectivity index (χ2v) is 9.06. The fourth-order valence-electron chi connectivity index (χ4n) is 3.07. The molecule has 0 bridgehead atoms. The number of aryl methyl sites for hydroxylation is 2. The van der Waals surface area contributed by atoms with Crippen molar-refractivity contribution in [2.45, 2.75) is 42.5 Å². The van der Waals surface area contributed by atoms with Gasteiger partial charge in [0.05, 0.1) is 22.0 Å². The van der Waals surface area contributed by atoms with Crippen LogP contribution in [0.25, 0.3) is 5.69 Å². The van der Waals surface area contributed by atoms with Crippen molar-refractivity contribution in [2.75, 3.05) is 12.3 Å². The van der Waals surface area contributed by atoms with Crippen molar-refractivity contribution in [3.8, 4) is 5.69 Å². The molecular weight excluding hydrogens is 378 g/mol. The lowest BCUT2D eigenvalue weighted by Crippen LogP contribution is -2.27. The van der Waals surface area contributed by atoms with Gasteiger partial charge in [-0.2, -0.15) is 0 Å². The van der Waals surface area contributed by atoms with Crippen LogP contribution in [0, 0.1) is 13.8 Å². The number of benzene rings is 1. The molecule has 1 amide bonds. The molecule has 0 saturated heterocycles. The van der Waals surface area contributed by atoms with Gasteiger partial charge in [-0.1, -0.05) is 30.8 Å². The standard InChI is InChI=1S/C20H23N3O2S2/c1-5-6-21-17(24)11-26-20-22-16-10-14(4)27-18(16)19(25)23(20)15-8-12(2)7-13(3)9-15/h5,7-9,14H,1,6,10-11H2,2-4H3,(H,21,24). The number of thioether (sulfide) groups is 2. The van der Waals surface area contributed by atoms with Gasteiger partial charge >= 0.3 is 0 Å². The molecule has 27 heavy (non-hydrogen) atoms. The molecule has 0 aliphatic carbocycles. The van der Waals surface area contributed by atoms with E-state index in [2.05, 4.69) is 24.9 Å². The highest BCUT2D eigenvalue weighted by atomic mass is 32.2. The average molecular weight is 402 g/mol. The van der Waals surface area contributed by atoms with Crippen molar-refractivity contribution in [3.63, 3.8) is 0 Å². The molecule has 7 heteroatoms. The summed E-state index contributed by atoms with van der Waals surface area (Å²) < 4.78 is 1.65. The quantitative estimate of drug-likeness (QED) is 0.457. The topological polar surface area (TPSA) is 64.0 Å². The lowest BCUT2D eigenvalue weighted by molar-refractivity contribution is -0.118. The summed E-state index contributed by atoms with van der Waals surface area (Å²) in [6.07, 6.45) is 2.42. The largest absolute Gasteiger partial charge is 0.352 e.